The van der Waals surface area contributed by atoms with Gasteiger partial charge in [-0.3, -0.25) is 0 Å². The van der Waals surface area contributed by atoms with E-state index in [0.29, 0.717) is 6.42 Å². The molecule has 0 saturated heterocycles. The van der Waals surface area contributed by atoms with Gasteiger partial charge >= 0.3 is 6.18 Å². The van der Waals surface area contributed by atoms with E-state index < -0.39 is 11.7 Å². The van der Waals surface area contributed by atoms with Crippen molar-refractivity contribution >= 4 is 31.9 Å². The van der Waals surface area contributed by atoms with Gasteiger partial charge in [-0.05, 0) is 29.9 Å². The van der Waals surface area contributed by atoms with Gasteiger partial charge < -0.3 is 0 Å². The minimum atomic E-state index is -4.27. The Morgan fingerprint density at radius 2 is 1.72 bits per heavy atom. The monoisotopic (exact) mass is 386 g/mol. The summed E-state index contributed by atoms with van der Waals surface area (Å²) in [5.41, 5.74) is 0.115. The Bertz CT molecular complexity index is 376. The maximum absolute atomic E-state index is 12.6. The minimum absolute atomic E-state index is 0.0375. The number of hydrogen-bond donors (Lipinski definition) is 0. The largest absolute Gasteiger partial charge is 0.416 e. The number of benzene rings is 1. The maximum Gasteiger partial charge on any atom is 0.416 e. The molecule has 0 aliphatic heterocycles. The molecule has 1 aromatic rings. The van der Waals surface area contributed by atoms with Crippen LogP contribution in [0.5, 0.6) is 0 Å². The lowest BCUT2D eigenvalue weighted by molar-refractivity contribution is -0.137. The van der Waals surface area contributed by atoms with E-state index in [2.05, 4.69) is 38.8 Å². The van der Waals surface area contributed by atoms with Crippen molar-refractivity contribution in [2.45, 2.75) is 25.9 Å². The normalized spacial score (nSPS) is 12.8. The average Bonchev–Trinajstić information content (AvgIpc) is 2.35. The molecule has 18 heavy (non-hydrogen) atoms. The van der Waals surface area contributed by atoms with E-state index in [1.165, 1.54) is 12.1 Å². The summed E-state index contributed by atoms with van der Waals surface area (Å²) in [5.74, 6) is 0. The SMILES string of the molecule is CCC(CBr)(CBr)Cc1cccc(C(F)(F)F)c1. The van der Waals surface area contributed by atoms with Gasteiger partial charge in [-0.1, -0.05) is 57.0 Å². The molecule has 0 radical (unpaired) electrons. The zero-order valence-electron chi connectivity index (χ0n) is 10.0. The van der Waals surface area contributed by atoms with Crippen LogP contribution >= 0.6 is 31.9 Å². The molecule has 0 aliphatic carbocycles. The molecule has 0 atom stereocenters. The van der Waals surface area contributed by atoms with Gasteiger partial charge in [0.2, 0.25) is 0 Å². The molecule has 0 nitrogen and oxygen atoms in total. The Hall–Kier alpha value is -0.0300. The number of halogens is 5. The van der Waals surface area contributed by atoms with Gasteiger partial charge in [0.15, 0.2) is 0 Å². The molecule has 0 amide bonds. The summed E-state index contributed by atoms with van der Waals surface area (Å²) >= 11 is 6.91. The Labute approximate surface area is 122 Å². The molecule has 0 N–H and O–H groups in total. The highest BCUT2D eigenvalue weighted by molar-refractivity contribution is 9.09. The van der Waals surface area contributed by atoms with Crippen LogP contribution in [-0.2, 0) is 12.6 Å². The maximum atomic E-state index is 12.6. The fourth-order valence-corrected chi connectivity index (χ4v) is 3.85. The number of rotatable bonds is 5. The van der Waals surface area contributed by atoms with Gasteiger partial charge in [-0.15, -0.1) is 0 Å². The van der Waals surface area contributed by atoms with Crippen LogP contribution in [0.15, 0.2) is 24.3 Å². The molecular formula is C13H15Br2F3. The van der Waals surface area contributed by atoms with Crippen LogP contribution in [-0.4, -0.2) is 10.7 Å². The van der Waals surface area contributed by atoms with E-state index in [9.17, 15) is 13.2 Å². The van der Waals surface area contributed by atoms with Crippen LogP contribution in [0.1, 0.15) is 24.5 Å². The first-order valence-electron chi connectivity index (χ1n) is 5.65. The predicted molar refractivity (Wildman–Crippen MR) is 75.5 cm³/mol. The summed E-state index contributed by atoms with van der Waals surface area (Å²) in [5, 5.41) is 1.52. The zero-order chi connectivity index (χ0) is 13.8. The highest BCUT2D eigenvalue weighted by atomic mass is 79.9. The molecule has 0 spiro atoms. The lowest BCUT2D eigenvalue weighted by Gasteiger charge is -2.29. The average molecular weight is 388 g/mol. The van der Waals surface area contributed by atoms with Gasteiger partial charge in [-0.25, -0.2) is 0 Å². The second-order valence-corrected chi connectivity index (χ2v) is 5.62. The van der Waals surface area contributed by atoms with Crippen molar-refractivity contribution in [3.63, 3.8) is 0 Å². The minimum Gasteiger partial charge on any atom is -0.166 e. The van der Waals surface area contributed by atoms with Crippen molar-refractivity contribution in [2.75, 3.05) is 10.7 Å². The Balaban J connectivity index is 2.98. The molecule has 5 heteroatoms. The summed E-state index contributed by atoms with van der Waals surface area (Å²) in [7, 11) is 0. The van der Waals surface area contributed by atoms with Crippen molar-refractivity contribution in [3.8, 4) is 0 Å². The van der Waals surface area contributed by atoms with Gasteiger partial charge in [0.05, 0.1) is 5.56 Å². The van der Waals surface area contributed by atoms with Crippen LogP contribution in [0.2, 0.25) is 0 Å². The van der Waals surface area contributed by atoms with Crippen LogP contribution in [0, 0.1) is 5.41 Å². The number of hydrogen-bond acceptors (Lipinski definition) is 0. The topological polar surface area (TPSA) is 0 Å². The zero-order valence-corrected chi connectivity index (χ0v) is 13.2. The third-order valence-electron chi connectivity index (χ3n) is 3.15. The second kappa shape index (κ2) is 6.42. The third kappa shape index (κ3) is 3.98. The van der Waals surface area contributed by atoms with Crippen LogP contribution in [0.4, 0.5) is 13.2 Å². The Morgan fingerprint density at radius 1 is 1.11 bits per heavy atom. The molecule has 0 fully saturated rings. The van der Waals surface area contributed by atoms with E-state index in [1.54, 1.807) is 6.07 Å². The van der Waals surface area contributed by atoms with Crippen LogP contribution in [0.3, 0.4) is 0 Å². The van der Waals surface area contributed by atoms with E-state index in [0.717, 1.165) is 28.7 Å². The second-order valence-electron chi connectivity index (χ2n) is 4.50. The molecule has 0 saturated carbocycles. The van der Waals surface area contributed by atoms with Gasteiger partial charge in [0.25, 0.3) is 0 Å². The highest BCUT2D eigenvalue weighted by Gasteiger charge is 2.31. The summed E-state index contributed by atoms with van der Waals surface area (Å²) in [6.45, 7) is 2.05. The standard InChI is InChI=1S/C13H15Br2F3/c1-2-12(8-14,9-15)7-10-4-3-5-11(6-10)13(16,17)18/h3-6H,2,7-9H2,1H3. The fourth-order valence-electron chi connectivity index (χ4n) is 1.73. The van der Waals surface area contributed by atoms with Gasteiger partial charge in [-0.2, -0.15) is 13.2 Å². The van der Waals surface area contributed by atoms with Crippen molar-refractivity contribution in [1.82, 2.24) is 0 Å². The van der Waals surface area contributed by atoms with Crippen LogP contribution < -0.4 is 0 Å². The first-order chi connectivity index (χ1) is 8.37. The molecule has 0 aliphatic rings. The summed E-state index contributed by atoms with van der Waals surface area (Å²) in [4.78, 5) is 0. The first kappa shape index (κ1) is 16.0. The third-order valence-corrected chi connectivity index (χ3v) is 5.53. The molecule has 1 aromatic carbocycles. The number of alkyl halides is 5. The molecular weight excluding hydrogens is 373 g/mol. The smallest absolute Gasteiger partial charge is 0.166 e. The molecule has 102 valence electrons. The molecule has 1 rings (SSSR count). The molecule has 0 bridgehead atoms. The highest BCUT2D eigenvalue weighted by Crippen LogP contribution is 2.34. The Kier molecular flexibility index (Phi) is 5.71. The molecule has 0 unspecified atom stereocenters. The Morgan fingerprint density at radius 3 is 2.17 bits per heavy atom. The first-order valence-corrected chi connectivity index (χ1v) is 7.89. The van der Waals surface area contributed by atoms with Crippen molar-refractivity contribution in [3.05, 3.63) is 35.4 Å². The molecule has 0 heterocycles. The van der Waals surface area contributed by atoms with Gasteiger partial charge in [0, 0.05) is 10.7 Å². The lowest BCUT2D eigenvalue weighted by atomic mass is 9.83. The molecule has 0 aromatic heterocycles. The van der Waals surface area contributed by atoms with E-state index in [1.807, 2.05) is 0 Å². The van der Waals surface area contributed by atoms with Crippen molar-refractivity contribution < 1.29 is 13.2 Å². The summed E-state index contributed by atoms with van der Waals surface area (Å²) in [6, 6.07) is 5.58. The van der Waals surface area contributed by atoms with Crippen molar-refractivity contribution in [2.24, 2.45) is 5.41 Å². The van der Waals surface area contributed by atoms with Crippen molar-refractivity contribution in [1.29, 1.82) is 0 Å². The lowest BCUT2D eigenvalue weighted by Crippen LogP contribution is -2.26. The van der Waals surface area contributed by atoms with Gasteiger partial charge in [0.1, 0.15) is 0 Å². The van der Waals surface area contributed by atoms with Crippen LogP contribution in [0.25, 0.3) is 0 Å². The predicted octanol–water partition coefficient (Wildman–Crippen LogP) is 5.43. The quantitative estimate of drug-likeness (QED) is 0.590. The summed E-state index contributed by atoms with van der Waals surface area (Å²) < 4.78 is 37.9. The van der Waals surface area contributed by atoms with E-state index in [4.69, 9.17) is 0 Å². The summed E-state index contributed by atoms with van der Waals surface area (Å²) in [6.07, 6.45) is -2.74. The van der Waals surface area contributed by atoms with E-state index in [-0.39, 0.29) is 5.41 Å². The fraction of sp³-hybridized carbons (Fsp3) is 0.538. The van der Waals surface area contributed by atoms with E-state index >= 15 is 0 Å².